The first-order chi connectivity index (χ1) is 9.14. The highest BCUT2D eigenvalue weighted by Crippen LogP contribution is 2.27. The number of hydrogen-bond donors (Lipinski definition) is 0. The number of esters is 1. The topological polar surface area (TPSA) is 35.5 Å². The Morgan fingerprint density at radius 2 is 2.11 bits per heavy atom. The summed E-state index contributed by atoms with van der Waals surface area (Å²) >= 11 is 0. The van der Waals surface area contributed by atoms with E-state index in [0.717, 1.165) is 0 Å². The lowest BCUT2D eigenvalue weighted by Crippen LogP contribution is -2.34. The lowest BCUT2D eigenvalue weighted by Gasteiger charge is -2.21. The van der Waals surface area contributed by atoms with Crippen molar-refractivity contribution < 1.29 is 18.7 Å². The van der Waals surface area contributed by atoms with Gasteiger partial charge in [0.25, 0.3) is 0 Å². The Morgan fingerprint density at radius 3 is 2.68 bits per heavy atom. The molecular formula is C15H15FO3. The molecule has 0 bridgehead atoms. The van der Waals surface area contributed by atoms with Gasteiger partial charge >= 0.3 is 5.97 Å². The Hall–Kier alpha value is -2.10. The van der Waals surface area contributed by atoms with Gasteiger partial charge in [-0.15, -0.1) is 0 Å². The summed E-state index contributed by atoms with van der Waals surface area (Å²) in [7, 11) is 0. The van der Waals surface area contributed by atoms with E-state index in [0.29, 0.717) is 11.5 Å². The predicted octanol–water partition coefficient (Wildman–Crippen LogP) is 3.18. The number of alkyl halides is 1. The molecule has 0 radical (unpaired) electrons. The molecule has 1 aliphatic carbocycles. The van der Waals surface area contributed by atoms with Gasteiger partial charge in [-0.2, -0.15) is 0 Å². The number of halogens is 1. The maximum Gasteiger partial charge on any atom is 0.348 e. The molecule has 0 N–H and O–H groups in total. The molecule has 1 aliphatic rings. The molecule has 0 saturated carbocycles. The highest BCUT2D eigenvalue weighted by molar-refractivity contribution is 5.82. The van der Waals surface area contributed by atoms with Crippen LogP contribution in [0.3, 0.4) is 0 Å². The number of carbonyl (C=O) groups is 1. The van der Waals surface area contributed by atoms with E-state index in [2.05, 4.69) is 0 Å². The molecule has 0 fully saturated rings. The summed E-state index contributed by atoms with van der Waals surface area (Å²) in [6, 6.07) is 9.18. The van der Waals surface area contributed by atoms with Gasteiger partial charge in [-0.1, -0.05) is 18.2 Å². The van der Waals surface area contributed by atoms with E-state index in [9.17, 15) is 9.18 Å². The summed E-state index contributed by atoms with van der Waals surface area (Å²) in [4.78, 5) is 11.5. The molecule has 0 spiro atoms. The Bertz CT molecular complexity index is 507. The van der Waals surface area contributed by atoms with Crippen molar-refractivity contribution in [3.05, 3.63) is 54.3 Å². The van der Waals surface area contributed by atoms with Gasteiger partial charge in [0.2, 0.25) is 5.67 Å². The van der Waals surface area contributed by atoms with Crippen LogP contribution in [0.5, 0.6) is 5.75 Å². The molecule has 1 atom stereocenters. The minimum Gasteiger partial charge on any atom is -0.463 e. The predicted molar refractivity (Wildman–Crippen MR) is 69.4 cm³/mol. The number of carbonyl (C=O) groups excluding carboxylic acids is 1. The molecule has 0 aliphatic heterocycles. The molecule has 2 rings (SSSR count). The van der Waals surface area contributed by atoms with Crippen LogP contribution in [-0.2, 0) is 9.53 Å². The maximum atomic E-state index is 14.2. The van der Waals surface area contributed by atoms with Crippen molar-refractivity contribution in [2.75, 3.05) is 6.61 Å². The fourth-order valence-corrected chi connectivity index (χ4v) is 1.70. The van der Waals surface area contributed by atoms with E-state index >= 15 is 0 Å². The fourth-order valence-electron chi connectivity index (χ4n) is 1.70. The zero-order valence-corrected chi connectivity index (χ0v) is 10.6. The highest BCUT2D eigenvalue weighted by atomic mass is 19.1. The molecular weight excluding hydrogens is 247 g/mol. The first-order valence-corrected chi connectivity index (χ1v) is 6.12. The van der Waals surface area contributed by atoms with Gasteiger partial charge in [-0.3, -0.25) is 0 Å². The Labute approximate surface area is 111 Å². The molecule has 4 heteroatoms. The molecule has 100 valence electrons. The van der Waals surface area contributed by atoms with Crippen LogP contribution in [0.25, 0.3) is 0 Å². The minimum absolute atomic E-state index is 0.0789. The first-order valence-electron chi connectivity index (χ1n) is 6.12. The zero-order chi connectivity index (χ0) is 13.7. The maximum absolute atomic E-state index is 14.2. The lowest BCUT2D eigenvalue weighted by atomic mass is 9.97. The van der Waals surface area contributed by atoms with Gasteiger partial charge in [0, 0.05) is 6.42 Å². The van der Waals surface area contributed by atoms with Crippen molar-refractivity contribution in [3.63, 3.8) is 0 Å². The van der Waals surface area contributed by atoms with Crippen LogP contribution in [0.2, 0.25) is 0 Å². The van der Waals surface area contributed by atoms with Gasteiger partial charge in [0.1, 0.15) is 11.5 Å². The van der Waals surface area contributed by atoms with Crippen LogP contribution in [0.1, 0.15) is 13.3 Å². The van der Waals surface area contributed by atoms with Crippen molar-refractivity contribution >= 4 is 5.97 Å². The number of allylic oxidation sites excluding steroid dienone is 2. The first kappa shape index (κ1) is 13.3. The second kappa shape index (κ2) is 5.69. The fraction of sp³-hybridized carbons (Fsp3) is 0.267. The van der Waals surface area contributed by atoms with Crippen molar-refractivity contribution in [2.45, 2.75) is 19.0 Å². The van der Waals surface area contributed by atoms with Crippen LogP contribution in [0.4, 0.5) is 4.39 Å². The van der Waals surface area contributed by atoms with Crippen LogP contribution >= 0.6 is 0 Å². The molecule has 1 unspecified atom stereocenters. The number of para-hydroxylation sites is 1. The average Bonchev–Trinajstić information content (AvgIpc) is 2.43. The Balaban J connectivity index is 2.01. The standard InChI is InChI=1S/C15H15FO3/c1-2-18-14(17)15(16)10-8-13(9-11-15)19-12-6-4-3-5-7-12/h3-10H,2,11H2,1H3. The van der Waals surface area contributed by atoms with Crippen molar-refractivity contribution in [3.8, 4) is 5.75 Å². The summed E-state index contributed by atoms with van der Waals surface area (Å²) in [5.41, 5.74) is -2.08. The van der Waals surface area contributed by atoms with Gasteiger partial charge in [-0.05, 0) is 37.3 Å². The van der Waals surface area contributed by atoms with Gasteiger partial charge < -0.3 is 9.47 Å². The van der Waals surface area contributed by atoms with E-state index in [1.165, 1.54) is 12.2 Å². The summed E-state index contributed by atoms with van der Waals surface area (Å²) in [5.74, 6) is 0.325. The number of ether oxygens (including phenoxy) is 2. The summed E-state index contributed by atoms with van der Waals surface area (Å²) in [6.07, 6.45) is 4.10. The normalized spacial score (nSPS) is 21.7. The third-order valence-corrected chi connectivity index (χ3v) is 2.71. The second-order valence-electron chi connectivity index (χ2n) is 4.14. The molecule has 0 saturated heterocycles. The molecule has 0 amide bonds. The van der Waals surface area contributed by atoms with Crippen molar-refractivity contribution in [1.29, 1.82) is 0 Å². The van der Waals surface area contributed by atoms with Crippen LogP contribution < -0.4 is 4.74 Å². The van der Waals surface area contributed by atoms with Gasteiger partial charge in [0.05, 0.1) is 6.61 Å². The number of rotatable bonds is 4. The monoisotopic (exact) mass is 262 g/mol. The molecule has 3 nitrogen and oxygen atoms in total. The largest absolute Gasteiger partial charge is 0.463 e. The van der Waals surface area contributed by atoms with Crippen molar-refractivity contribution in [1.82, 2.24) is 0 Å². The van der Waals surface area contributed by atoms with E-state index < -0.39 is 11.6 Å². The Morgan fingerprint density at radius 1 is 1.37 bits per heavy atom. The molecule has 19 heavy (non-hydrogen) atoms. The third-order valence-electron chi connectivity index (χ3n) is 2.71. The Kier molecular flexibility index (Phi) is 4.00. The zero-order valence-electron chi connectivity index (χ0n) is 10.6. The van der Waals surface area contributed by atoms with Gasteiger partial charge in [-0.25, -0.2) is 9.18 Å². The third kappa shape index (κ3) is 3.22. The van der Waals surface area contributed by atoms with Crippen LogP contribution in [0.15, 0.2) is 54.3 Å². The molecule has 1 aromatic rings. The van der Waals surface area contributed by atoms with Crippen molar-refractivity contribution in [2.24, 2.45) is 0 Å². The van der Waals surface area contributed by atoms with Crippen LogP contribution in [-0.4, -0.2) is 18.2 Å². The lowest BCUT2D eigenvalue weighted by molar-refractivity contribution is -0.153. The SMILES string of the molecule is CCOC(=O)C1(F)C=CC(Oc2ccccc2)=CC1. The smallest absolute Gasteiger partial charge is 0.348 e. The summed E-state index contributed by atoms with van der Waals surface area (Å²) in [6.45, 7) is 1.81. The van der Waals surface area contributed by atoms with E-state index in [-0.39, 0.29) is 13.0 Å². The van der Waals surface area contributed by atoms with E-state index in [1.54, 1.807) is 25.1 Å². The van der Waals surface area contributed by atoms with Crippen LogP contribution in [0, 0.1) is 0 Å². The second-order valence-corrected chi connectivity index (χ2v) is 4.14. The molecule has 0 heterocycles. The van der Waals surface area contributed by atoms with E-state index in [4.69, 9.17) is 9.47 Å². The summed E-state index contributed by atoms with van der Waals surface area (Å²) in [5, 5.41) is 0. The van der Waals surface area contributed by atoms with E-state index in [1.807, 2.05) is 18.2 Å². The average molecular weight is 262 g/mol. The molecule has 0 aromatic heterocycles. The quantitative estimate of drug-likeness (QED) is 0.782. The number of benzene rings is 1. The van der Waals surface area contributed by atoms with Gasteiger partial charge in [0.15, 0.2) is 0 Å². The highest BCUT2D eigenvalue weighted by Gasteiger charge is 2.38. The number of hydrogen-bond acceptors (Lipinski definition) is 3. The summed E-state index contributed by atoms with van der Waals surface area (Å²) < 4.78 is 24.5. The molecule has 1 aromatic carbocycles. The minimum atomic E-state index is -2.08.